The van der Waals surface area contributed by atoms with Gasteiger partial charge in [-0.05, 0) is 6.42 Å². The molecule has 2 heterocycles. The minimum atomic E-state index is 0. The van der Waals surface area contributed by atoms with Crippen molar-refractivity contribution >= 4 is 36.4 Å². The molecule has 2 rings (SSSR count). The highest BCUT2D eigenvalue weighted by Gasteiger charge is 2.32. The summed E-state index contributed by atoms with van der Waals surface area (Å²) in [6, 6.07) is 2.03. The summed E-state index contributed by atoms with van der Waals surface area (Å²) in [7, 11) is 1.72. The Kier molecular flexibility index (Phi) is 7.23. The fourth-order valence-electron chi connectivity index (χ4n) is 2.07. The van der Waals surface area contributed by atoms with Crippen LogP contribution in [0.25, 0.3) is 0 Å². The Hall–Kier alpha value is -0.820. The molecule has 1 aromatic rings. The van der Waals surface area contributed by atoms with Gasteiger partial charge in [0.05, 0.1) is 6.10 Å². The monoisotopic (exact) mass is 295 g/mol. The van der Waals surface area contributed by atoms with Crippen LogP contribution in [0.5, 0.6) is 0 Å². The van der Waals surface area contributed by atoms with Gasteiger partial charge in [0, 0.05) is 32.3 Å². The highest BCUT2D eigenvalue weighted by atomic mass is 35.5. The first-order valence-electron chi connectivity index (χ1n) is 5.31. The Labute approximate surface area is 119 Å². The first-order chi connectivity index (χ1) is 7.74. The van der Waals surface area contributed by atoms with E-state index in [0.29, 0.717) is 12.4 Å². The van der Waals surface area contributed by atoms with Crippen molar-refractivity contribution in [1.82, 2.24) is 9.97 Å². The molecule has 0 saturated carbocycles. The Morgan fingerprint density at radius 1 is 1.44 bits per heavy atom. The number of nitrogens with zero attached hydrogens (tertiary/aromatic N) is 3. The van der Waals surface area contributed by atoms with Crippen LogP contribution >= 0.6 is 24.8 Å². The van der Waals surface area contributed by atoms with Crippen LogP contribution in [-0.4, -0.2) is 42.3 Å². The number of anilines is 2. The summed E-state index contributed by atoms with van der Waals surface area (Å²) in [6.45, 7) is 1.39. The second-order valence-corrected chi connectivity index (χ2v) is 3.94. The smallest absolute Gasteiger partial charge is 0.134 e. The summed E-state index contributed by atoms with van der Waals surface area (Å²) in [5, 5.41) is 0. The van der Waals surface area contributed by atoms with E-state index in [-0.39, 0.29) is 37.0 Å². The highest BCUT2D eigenvalue weighted by Crippen LogP contribution is 2.25. The van der Waals surface area contributed by atoms with Crippen LogP contribution in [0.4, 0.5) is 11.6 Å². The summed E-state index contributed by atoms with van der Waals surface area (Å²) in [5.41, 5.74) is 11.4. The van der Waals surface area contributed by atoms with E-state index < -0.39 is 0 Å². The van der Waals surface area contributed by atoms with Crippen molar-refractivity contribution in [1.29, 1.82) is 0 Å². The standard InChI is InChI=1S/C10H17N5O.2ClH/c1-16-8-2-7(4-11)15(5-8)10-3-9(12)13-6-14-10;;/h3,6-8H,2,4-5,11H2,1H3,(H2,12,13,14);2*1H/t7-,8-;;/m0../s1. The predicted octanol–water partition coefficient (Wildman–Crippen LogP) is 0.455. The molecule has 0 aromatic carbocycles. The normalized spacial score (nSPS) is 22.2. The molecule has 2 atom stereocenters. The Bertz CT molecular complexity index is 368. The largest absolute Gasteiger partial charge is 0.384 e. The number of rotatable bonds is 3. The van der Waals surface area contributed by atoms with Gasteiger partial charge < -0.3 is 21.1 Å². The van der Waals surface area contributed by atoms with Gasteiger partial charge in [-0.1, -0.05) is 0 Å². The van der Waals surface area contributed by atoms with Gasteiger partial charge in [-0.25, -0.2) is 9.97 Å². The van der Waals surface area contributed by atoms with E-state index in [1.807, 2.05) is 0 Å². The first kappa shape index (κ1) is 17.2. The molecule has 1 aromatic heterocycles. The van der Waals surface area contributed by atoms with Crippen LogP contribution in [0.3, 0.4) is 0 Å². The van der Waals surface area contributed by atoms with Gasteiger partial charge in [-0.15, -0.1) is 24.8 Å². The average Bonchev–Trinajstić information content (AvgIpc) is 2.72. The van der Waals surface area contributed by atoms with E-state index in [9.17, 15) is 0 Å². The summed E-state index contributed by atoms with van der Waals surface area (Å²) in [5.74, 6) is 1.30. The fraction of sp³-hybridized carbons (Fsp3) is 0.600. The lowest BCUT2D eigenvalue weighted by Crippen LogP contribution is -2.36. The Morgan fingerprint density at radius 3 is 2.72 bits per heavy atom. The fourth-order valence-corrected chi connectivity index (χ4v) is 2.07. The molecule has 4 N–H and O–H groups in total. The lowest BCUT2D eigenvalue weighted by molar-refractivity contribution is 0.118. The number of hydrogen-bond donors (Lipinski definition) is 2. The number of methoxy groups -OCH3 is 1. The lowest BCUT2D eigenvalue weighted by Gasteiger charge is -2.23. The predicted molar refractivity (Wildman–Crippen MR) is 76.5 cm³/mol. The molecule has 0 unspecified atom stereocenters. The van der Waals surface area contributed by atoms with E-state index in [1.54, 1.807) is 13.2 Å². The molecule has 18 heavy (non-hydrogen) atoms. The molecule has 8 heteroatoms. The third kappa shape index (κ3) is 3.58. The number of nitrogens with two attached hydrogens (primary N) is 2. The van der Waals surface area contributed by atoms with Gasteiger partial charge in [-0.2, -0.15) is 0 Å². The molecule has 0 bridgehead atoms. The van der Waals surface area contributed by atoms with Crippen molar-refractivity contribution in [3.8, 4) is 0 Å². The van der Waals surface area contributed by atoms with Crippen LogP contribution in [0.1, 0.15) is 6.42 Å². The molecular weight excluding hydrogens is 277 g/mol. The third-order valence-corrected chi connectivity index (χ3v) is 2.95. The molecule has 0 spiro atoms. The Balaban J connectivity index is 0.00000144. The van der Waals surface area contributed by atoms with Crippen molar-refractivity contribution < 1.29 is 4.74 Å². The highest BCUT2D eigenvalue weighted by molar-refractivity contribution is 5.85. The summed E-state index contributed by atoms with van der Waals surface area (Å²) < 4.78 is 5.35. The van der Waals surface area contributed by atoms with E-state index in [2.05, 4.69) is 14.9 Å². The molecule has 0 aliphatic carbocycles. The number of ether oxygens (including phenoxy) is 1. The van der Waals surface area contributed by atoms with Crippen LogP contribution < -0.4 is 16.4 Å². The number of nitrogen functional groups attached to an aromatic ring is 1. The van der Waals surface area contributed by atoms with Gasteiger partial charge in [-0.3, -0.25) is 0 Å². The molecule has 1 saturated heterocycles. The summed E-state index contributed by atoms with van der Waals surface area (Å²) in [6.07, 6.45) is 2.61. The minimum absolute atomic E-state index is 0. The molecular formula is C10H19Cl2N5O. The minimum Gasteiger partial charge on any atom is -0.384 e. The molecule has 104 valence electrons. The van der Waals surface area contributed by atoms with Crippen molar-refractivity contribution in [3.63, 3.8) is 0 Å². The number of aromatic nitrogens is 2. The van der Waals surface area contributed by atoms with Gasteiger partial charge in [0.1, 0.15) is 18.0 Å². The average molecular weight is 296 g/mol. The van der Waals surface area contributed by atoms with Crippen LogP contribution in [0.15, 0.2) is 12.4 Å². The van der Waals surface area contributed by atoms with Crippen LogP contribution in [0.2, 0.25) is 0 Å². The molecule has 0 radical (unpaired) electrons. The lowest BCUT2D eigenvalue weighted by atomic mass is 10.2. The van der Waals surface area contributed by atoms with E-state index in [4.69, 9.17) is 16.2 Å². The maximum absolute atomic E-state index is 5.74. The summed E-state index contributed by atoms with van der Waals surface area (Å²) >= 11 is 0. The zero-order valence-corrected chi connectivity index (χ0v) is 11.8. The van der Waals surface area contributed by atoms with Crippen molar-refractivity contribution in [2.24, 2.45) is 5.73 Å². The summed E-state index contributed by atoms with van der Waals surface area (Å²) in [4.78, 5) is 10.2. The van der Waals surface area contributed by atoms with Crippen molar-refractivity contribution in [3.05, 3.63) is 12.4 Å². The topological polar surface area (TPSA) is 90.3 Å². The molecule has 1 aliphatic heterocycles. The zero-order chi connectivity index (χ0) is 11.5. The van der Waals surface area contributed by atoms with Crippen molar-refractivity contribution in [2.75, 3.05) is 30.8 Å². The molecule has 0 amide bonds. The second-order valence-electron chi connectivity index (χ2n) is 3.94. The second kappa shape index (κ2) is 7.58. The maximum atomic E-state index is 5.74. The van der Waals surface area contributed by atoms with Gasteiger partial charge in [0.25, 0.3) is 0 Å². The third-order valence-electron chi connectivity index (χ3n) is 2.95. The van der Waals surface area contributed by atoms with Gasteiger partial charge in [0.15, 0.2) is 0 Å². The van der Waals surface area contributed by atoms with Crippen molar-refractivity contribution in [2.45, 2.75) is 18.6 Å². The number of halogens is 2. The zero-order valence-electron chi connectivity index (χ0n) is 10.2. The molecule has 6 nitrogen and oxygen atoms in total. The van der Waals surface area contributed by atoms with E-state index in [1.165, 1.54) is 6.33 Å². The molecule has 1 fully saturated rings. The van der Waals surface area contributed by atoms with E-state index in [0.717, 1.165) is 18.8 Å². The SMILES string of the molecule is CO[C@H]1C[C@@H](CN)N(c2cc(N)ncn2)C1.Cl.Cl. The first-order valence-corrected chi connectivity index (χ1v) is 5.31. The molecule has 1 aliphatic rings. The van der Waals surface area contributed by atoms with Gasteiger partial charge >= 0.3 is 0 Å². The Morgan fingerprint density at radius 2 is 2.17 bits per heavy atom. The van der Waals surface area contributed by atoms with Crippen LogP contribution in [0, 0.1) is 0 Å². The maximum Gasteiger partial charge on any atom is 0.134 e. The van der Waals surface area contributed by atoms with Gasteiger partial charge in [0.2, 0.25) is 0 Å². The van der Waals surface area contributed by atoms with E-state index >= 15 is 0 Å². The van der Waals surface area contributed by atoms with Crippen LogP contribution in [-0.2, 0) is 4.74 Å². The quantitative estimate of drug-likeness (QED) is 0.842. The number of hydrogen-bond acceptors (Lipinski definition) is 6.